The van der Waals surface area contributed by atoms with Crippen molar-refractivity contribution in [1.82, 2.24) is 0 Å². The van der Waals surface area contributed by atoms with Gasteiger partial charge in [-0.1, -0.05) is 19.1 Å². The van der Waals surface area contributed by atoms with Gasteiger partial charge in [-0.05, 0) is 31.0 Å². The van der Waals surface area contributed by atoms with Gasteiger partial charge in [-0.3, -0.25) is 0 Å². The molecule has 0 aromatic heterocycles. The number of ether oxygens (including phenoxy) is 1. The second-order valence-electron chi connectivity index (χ2n) is 3.44. The van der Waals surface area contributed by atoms with E-state index in [9.17, 15) is 4.79 Å². The summed E-state index contributed by atoms with van der Waals surface area (Å²) in [5.74, 6) is -0.899. The zero-order chi connectivity index (χ0) is 11.3. The number of hydrogen-bond donors (Lipinski definition) is 1. The van der Waals surface area contributed by atoms with Crippen LogP contribution in [0.4, 0.5) is 0 Å². The highest BCUT2D eigenvalue weighted by atomic mass is 16.5. The first-order valence-electron chi connectivity index (χ1n) is 5.10. The third-order valence-corrected chi connectivity index (χ3v) is 2.20. The van der Waals surface area contributed by atoms with E-state index in [0.717, 1.165) is 18.6 Å². The smallest absolute Gasteiger partial charge is 0.335 e. The lowest BCUT2D eigenvalue weighted by molar-refractivity contribution is 0.0658. The standard InChI is InChI=1S/C12H16O3/c1-3-8-15-9(2)10-4-6-11(7-5-10)12(13)14/h4-7,9H,3,8H2,1-2H3,(H,13,14)/t9-/m1/s1. The molecule has 0 aliphatic rings. The first-order chi connectivity index (χ1) is 7.15. The van der Waals surface area contributed by atoms with Crippen LogP contribution < -0.4 is 0 Å². The highest BCUT2D eigenvalue weighted by Crippen LogP contribution is 2.17. The number of rotatable bonds is 5. The Hall–Kier alpha value is -1.35. The van der Waals surface area contributed by atoms with Gasteiger partial charge >= 0.3 is 5.97 Å². The normalized spacial score (nSPS) is 12.4. The molecule has 82 valence electrons. The summed E-state index contributed by atoms with van der Waals surface area (Å²) in [5, 5.41) is 8.72. The second-order valence-corrected chi connectivity index (χ2v) is 3.44. The molecule has 0 bridgehead atoms. The van der Waals surface area contributed by atoms with Crippen molar-refractivity contribution in [2.75, 3.05) is 6.61 Å². The van der Waals surface area contributed by atoms with Crippen molar-refractivity contribution in [2.24, 2.45) is 0 Å². The van der Waals surface area contributed by atoms with E-state index in [4.69, 9.17) is 9.84 Å². The van der Waals surface area contributed by atoms with E-state index in [1.807, 2.05) is 6.92 Å². The molecule has 0 heterocycles. The van der Waals surface area contributed by atoms with Gasteiger partial charge in [0.2, 0.25) is 0 Å². The molecule has 1 N–H and O–H groups in total. The Morgan fingerprint density at radius 3 is 2.47 bits per heavy atom. The van der Waals surface area contributed by atoms with Crippen LogP contribution in [-0.4, -0.2) is 17.7 Å². The maximum atomic E-state index is 10.6. The molecule has 1 rings (SSSR count). The Bertz CT molecular complexity index is 316. The summed E-state index contributed by atoms with van der Waals surface area (Å²) < 4.78 is 5.53. The SMILES string of the molecule is CCCO[C@H](C)c1ccc(C(=O)O)cc1. The van der Waals surface area contributed by atoms with Gasteiger partial charge in [0.1, 0.15) is 0 Å². The van der Waals surface area contributed by atoms with Crippen LogP contribution in [0.5, 0.6) is 0 Å². The lowest BCUT2D eigenvalue weighted by Gasteiger charge is -2.12. The maximum Gasteiger partial charge on any atom is 0.335 e. The second kappa shape index (κ2) is 5.51. The molecular weight excluding hydrogens is 192 g/mol. The fraction of sp³-hybridized carbons (Fsp3) is 0.417. The lowest BCUT2D eigenvalue weighted by Crippen LogP contribution is -2.02. The van der Waals surface area contributed by atoms with Gasteiger partial charge in [-0.2, -0.15) is 0 Å². The monoisotopic (exact) mass is 208 g/mol. The van der Waals surface area contributed by atoms with Gasteiger partial charge in [0.15, 0.2) is 0 Å². The minimum absolute atomic E-state index is 0.0211. The van der Waals surface area contributed by atoms with E-state index in [1.54, 1.807) is 24.3 Å². The Kier molecular flexibility index (Phi) is 4.31. The van der Waals surface area contributed by atoms with Crippen LogP contribution in [0.2, 0.25) is 0 Å². The molecule has 0 unspecified atom stereocenters. The highest BCUT2D eigenvalue weighted by Gasteiger charge is 2.07. The molecule has 0 aliphatic carbocycles. The Morgan fingerprint density at radius 1 is 1.40 bits per heavy atom. The Morgan fingerprint density at radius 2 is 2.00 bits per heavy atom. The molecule has 15 heavy (non-hydrogen) atoms. The zero-order valence-electron chi connectivity index (χ0n) is 9.06. The molecule has 3 nitrogen and oxygen atoms in total. The molecule has 1 aromatic carbocycles. The van der Waals surface area contributed by atoms with Crippen LogP contribution >= 0.6 is 0 Å². The predicted octanol–water partition coefficient (Wildman–Crippen LogP) is 2.87. The molecule has 0 spiro atoms. The number of benzene rings is 1. The summed E-state index contributed by atoms with van der Waals surface area (Å²) in [6.45, 7) is 4.74. The summed E-state index contributed by atoms with van der Waals surface area (Å²) in [5.41, 5.74) is 1.31. The topological polar surface area (TPSA) is 46.5 Å². The van der Waals surface area contributed by atoms with Crippen LogP contribution in [0.1, 0.15) is 42.3 Å². The largest absolute Gasteiger partial charge is 0.478 e. The van der Waals surface area contributed by atoms with Crippen LogP contribution in [0.3, 0.4) is 0 Å². The molecule has 0 amide bonds. The fourth-order valence-corrected chi connectivity index (χ4v) is 1.29. The Balaban J connectivity index is 2.66. The van der Waals surface area contributed by atoms with Gasteiger partial charge in [-0.15, -0.1) is 0 Å². The third kappa shape index (κ3) is 3.36. The minimum Gasteiger partial charge on any atom is -0.478 e. The van der Waals surface area contributed by atoms with Crippen LogP contribution in [0.25, 0.3) is 0 Å². The molecule has 1 aromatic rings. The van der Waals surface area contributed by atoms with Crippen molar-refractivity contribution < 1.29 is 14.6 Å². The fourth-order valence-electron chi connectivity index (χ4n) is 1.29. The molecule has 0 fully saturated rings. The summed E-state index contributed by atoms with van der Waals surface area (Å²) in [6, 6.07) is 6.79. The van der Waals surface area contributed by atoms with Crippen LogP contribution in [0.15, 0.2) is 24.3 Å². The van der Waals surface area contributed by atoms with E-state index < -0.39 is 5.97 Å². The molecule has 0 saturated heterocycles. The maximum absolute atomic E-state index is 10.6. The summed E-state index contributed by atoms with van der Waals surface area (Å²) in [6.07, 6.45) is 1.00. The van der Waals surface area contributed by atoms with Gasteiger partial charge < -0.3 is 9.84 Å². The van der Waals surface area contributed by atoms with Crippen molar-refractivity contribution in [3.8, 4) is 0 Å². The van der Waals surface area contributed by atoms with E-state index in [1.165, 1.54) is 0 Å². The number of carboxylic acids is 1. The van der Waals surface area contributed by atoms with Gasteiger partial charge in [0.05, 0.1) is 11.7 Å². The average molecular weight is 208 g/mol. The van der Waals surface area contributed by atoms with Gasteiger partial charge in [-0.25, -0.2) is 4.79 Å². The van der Waals surface area contributed by atoms with Gasteiger partial charge in [0.25, 0.3) is 0 Å². The number of aromatic carboxylic acids is 1. The van der Waals surface area contributed by atoms with Crippen LogP contribution in [0, 0.1) is 0 Å². The lowest BCUT2D eigenvalue weighted by atomic mass is 10.1. The molecule has 1 atom stereocenters. The quantitative estimate of drug-likeness (QED) is 0.809. The van der Waals surface area contributed by atoms with E-state index in [2.05, 4.69) is 6.92 Å². The average Bonchev–Trinajstić information content (AvgIpc) is 2.26. The molecule has 0 aliphatic heterocycles. The third-order valence-electron chi connectivity index (χ3n) is 2.20. The first-order valence-corrected chi connectivity index (χ1v) is 5.10. The summed E-state index contributed by atoms with van der Waals surface area (Å²) >= 11 is 0. The van der Waals surface area contributed by atoms with Crippen molar-refractivity contribution in [3.05, 3.63) is 35.4 Å². The molecule has 0 radical (unpaired) electrons. The number of carboxylic acid groups (broad SMARTS) is 1. The zero-order valence-corrected chi connectivity index (χ0v) is 9.06. The van der Waals surface area contributed by atoms with E-state index in [-0.39, 0.29) is 6.10 Å². The summed E-state index contributed by atoms with van der Waals surface area (Å²) in [7, 11) is 0. The van der Waals surface area contributed by atoms with Crippen molar-refractivity contribution >= 4 is 5.97 Å². The predicted molar refractivity (Wildman–Crippen MR) is 58.1 cm³/mol. The molecular formula is C12H16O3. The number of carbonyl (C=O) groups is 1. The van der Waals surface area contributed by atoms with Crippen molar-refractivity contribution in [1.29, 1.82) is 0 Å². The molecule has 0 saturated carbocycles. The van der Waals surface area contributed by atoms with Crippen molar-refractivity contribution in [3.63, 3.8) is 0 Å². The van der Waals surface area contributed by atoms with E-state index >= 15 is 0 Å². The summed E-state index contributed by atoms with van der Waals surface area (Å²) in [4.78, 5) is 10.6. The van der Waals surface area contributed by atoms with E-state index in [0.29, 0.717) is 5.56 Å². The number of hydrogen-bond acceptors (Lipinski definition) is 2. The highest BCUT2D eigenvalue weighted by molar-refractivity contribution is 5.87. The first kappa shape index (κ1) is 11.7. The van der Waals surface area contributed by atoms with Crippen LogP contribution in [-0.2, 0) is 4.74 Å². The van der Waals surface area contributed by atoms with Crippen molar-refractivity contribution in [2.45, 2.75) is 26.4 Å². The van der Waals surface area contributed by atoms with Gasteiger partial charge in [0, 0.05) is 6.61 Å². The Labute approximate surface area is 89.7 Å². The molecule has 3 heteroatoms. The minimum atomic E-state index is -0.899.